The van der Waals surface area contributed by atoms with Gasteiger partial charge in [0, 0.05) is 24.7 Å². The standard InChI is InChI=1S/C34H40N2O/c1-24-32-22-29-14-15-30(21-31(29)34(24,2)17-19-36(32)23-28-12-13-28)33(37)35-18-16-25-8-10-27(11-9-25)20-26-6-4-3-5-7-26/h3-11,14-15,21,24,28,32H,12-13,16-20,22-23H2,1-2H3,(H,35,37)/t24-,32-,34-/m1/s1. The summed E-state index contributed by atoms with van der Waals surface area (Å²) in [5.74, 6) is 1.61. The Morgan fingerprint density at radius 2 is 1.70 bits per heavy atom. The van der Waals surface area contributed by atoms with Gasteiger partial charge in [0.1, 0.15) is 0 Å². The molecule has 0 radical (unpaired) electrons. The third-order valence-electron chi connectivity index (χ3n) is 9.55. The fraction of sp³-hybridized carbons (Fsp3) is 0.441. The van der Waals surface area contributed by atoms with Crippen LogP contribution in [0.4, 0.5) is 0 Å². The van der Waals surface area contributed by atoms with E-state index in [1.807, 2.05) is 6.07 Å². The number of hydrogen-bond donors (Lipinski definition) is 1. The molecule has 2 aliphatic carbocycles. The van der Waals surface area contributed by atoms with E-state index < -0.39 is 0 Å². The number of carbonyl (C=O) groups is 1. The highest BCUT2D eigenvalue weighted by atomic mass is 16.1. The molecule has 0 aromatic heterocycles. The van der Waals surface area contributed by atoms with Crippen LogP contribution in [0.3, 0.4) is 0 Å². The van der Waals surface area contributed by atoms with Gasteiger partial charge in [0.2, 0.25) is 0 Å². The van der Waals surface area contributed by atoms with E-state index in [1.54, 1.807) is 0 Å². The van der Waals surface area contributed by atoms with Gasteiger partial charge in [0.15, 0.2) is 0 Å². The second-order valence-corrected chi connectivity index (χ2v) is 12.0. The second-order valence-electron chi connectivity index (χ2n) is 12.0. The van der Waals surface area contributed by atoms with Crippen LogP contribution in [0.2, 0.25) is 0 Å². The van der Waals surface area contributed by atoms with Crippen LogP contribution >= 0.6 is 0 Å². The van der Waals surface area contributed by atoms with Crippen molar-refractivity contribution in [1.82, 2.24) is 10.2 Å². The van der Waals surface area contributed by atoms with Gasteiger partial charge in [0.05, 0.1) is 0 Å². The van der Waals surface area contributed by atoms with E-state index in [2.05, 4.69) is 90.8 Å². The number of fused-ring (bicyclic) bond motifs is 4. The molecular weight excluding hydrogens is 452 g/mol. The minimum Gasteiger partial charge on any atom is -0.352 e. The Hall–Kier alpha value is -2.91. The molecule has 3 aromatic carbocycles. The van der Waals surface area contributed by atoms with Gasteiger partial charge in [-0.1, -0.05) is 74.5 Å². The number of carbonyl (C=O) groups excluding carboxylic acids is 1. The third-order valence-corrected chi connectivity index (χ3v) is 9.55. The van der Waals surface area contributed by atoms with Gasteiger partial charge in [0.25, 0.3) is 5.91 Å². The molecule has 37 heavy (non-hydrogen) atoms. The number of hydrogen-bond acceptors (Lipinski definition) is 2. The Morgan fingerprint density at radius 3 is 2.46 bits per heavy atom. The van der Waals surface area contributed by atoms with Gasteiger partial charge >= 0.3 is 0 Å². The van der Waals surface area contributed by atoms with Crippen LogP contribution in [-0.2, 0) is 24.7 Å². The Balaban J connectivity index is 1.07. The molecule has 3 heteroatoms. The predicted octanol–water partition coefficient (Wildman–Crippen LogP) is 6.18. The predicted molar refractivity (Wildman–Crippen MR) is 151 cm³/mol. The Kier molecular flexibility index (Phi) is 6.67. The Bertz CT molecular complexity index is 1250. The van der Waals surface area contributed by atoms with Gasteiger partial charge in [-0.3, -0.25) is 9.69 Å². The molecule has 3 atom stereocenters. The normalized spacial score (nSPS) is 24.9. The number of amides is 1. The van der Waals surface area contributed by atoms with Crippen LogP contribution in [0, 0.1) is 11.8 Å². The van der Waals surface area contributed by atoms with Crippen molar-refractivity contribution in [3.8, 4) is 0 Å². The number of piperidine rings is 1. The average molecular weight is 493 g/mol. The summed E-state index contributed by atoms with van der Waals surface area (Å²) in [4.78, 5) is 15.9. The summed E-state index contributed by atoms with van der Waals surface area (Å²) in [6, 6.07) is 26.5. The minimum absolute atomic E-state index is 0.0491. The van der Waals surface area contributed by atoms with E-state index in [-0.39, 0.29) is 11.3 Å². The van der Waals surface area contributed by atoms with E-state index in [4.69, 9.17) is 0 Å². The minimum atomic E-state index is 0.0491. The smallest absolute Gasteiger partial charge is 0.251 e. The maximum atomic E-state index is 13.1. The van der Waals surface area contributed by atoms with Crippen molar-refractivity contribution < 1.29 is 4.79 Å². The topological polar surface area (TPSA) is 32.3 Å². The van der Waals surface area contributed by atoms with Gasteiger partial charge in [-0.05, 0) is 102 Å². The molecule has 1 heterocycles. The maximum Gasteiger partial charge on any atom is 0.251 e. The molecule has 0 spiro atoms. The van der Waals surface area contributed by atoms with Gasteiger partial charge in [-0.15, -0.1) is 0 Å². The molecular formula is C34H40N2O. The van der Waals surface area contributed by atoms with Crippen LogP contribution in [-0.4, -0.2) is 36.5 Å². The lowest BCUT2D eigenvalue weighted by atomic mass is 9.59. The van der Waals surface area contributed by atoms with Crippen LogP contribution in [0.5, 0.6) is 0 Å². The van der Waals surface area contributed by atoms with Crippen LogP contribution in [0.15, 0.2) is 72.8 Å². The number of nitrogens with zero attached hydrogens (tertiary/aromatic N) is 1. The molecule has 0 unspecified atom stereocenters. The van der Waals surface area contributed by atoms with E-state index in [1.165, 1.54) is 60.2 Å². The molecule has 1 N–H and O–H groups in total. The second kappa shape index (κ2) is 10.1. The summed E-state index contributed by atoms with van der Waals surface area (Å²) < 4.78 is 0. The molecule has 1 aliphatic heterocycles. The first-order valence-electron chi connectivity index (χ1n) is 14.3. The highest BCUT2D eigenvalue weighted by Gasteiger charge is 2.49. The summed E-state index contributed by atoms with van der Waals surface area (Å²) in [6.07, 6.45) is 6.95. The van der Waals surface area contributed by atoms with Crippen molar-refractivity contribution in [2.75, 3.05) is 19.6 Å². The van der Waals surface area contributed by atoms with E-state index >= 15 is 0 Å². The maximum absolute atomic E-state index is 13.1. The lowest BCUT2D eigenvalue weighted by molar-refractivity contribution is 0.0284. The Labute approximate surface area is 222 Å². The summed E-state index contributed by atoms with van der Waals surface area (Å²) in [5, 5.41) is 3.18. The third kappa shape index (κ3) is 5.11. The SMILES string of the molecule is C[C@@H]1[C@H]2Cc3ccc(C(=O)NCCc4ccc(Cc5ccccc5)cc4)cc3[C@]1(C)CCN2CC1CC1. The summed E-state index contributed by atoms with van der Waals surface area (Å²) in [5.41, 5.74) is 7.75. The lowest BCUT2D eigenvalue weighted by Gasteiger charge is -2.55. The monoisotopic (exact) mass is 492 g/mol. The number of rotatable bonds is 8. The zero-order chi connectivity index (χ0) is 25.4. The number of likely N-dealkylation sites (tertiary alicyclic amines) is 1. The fourth-order valence-corrected chi connectivity index (χ4v) is 6.79. The van der Waals surface area contributed by atoms with Gasteiger partial charge < -0.3 is 5.32 Å². The molecule has 6 rings (SSSR count). The van der Waals surface area contributed by atoms with E-state index in [0.29, 0.717) is 18.5 Å². The van der Waals surface area contributed by atoms with Crippen LogP contribution < -0.4 is 5.32 Å². The molecule has 3 aromatic rings. The van der Waals surface area contributed by atoms with Crippen molar-refractivity contribution in [1.29, 1.82) is 0 Å². The molecule has 2 bridgehead atoms. The summed E-state index contributed by atoms with van der Waals surface area (Å²) in [7, 11) is 0. The largest absolute Gasteiger partial charge is 0.352 e. The zero-order valence-electron chi connectivity index (χ0n) is 22.4. The first-order valence-corrected chi connectivity index (χ1v) is 14.3. The number of nitrogens with one attached hydrogen (secondary N) is 1. The molecule has 1 saturated heterocycles. The van der Waals surface area contributed by atoms with Crippen molar-refractivity contribution >= 4 is 5.91 Å². The first-order chi connectivity index (χ1) is 18.0. The molecule has 3 nitrogen and oxygen atoms in total. The van der Waals surface area contributed by atoms with E-state index in [0.717, 1.165) is 30.7 Å². The van der Waals surface area contributed by atoms with Crippen LogP contribution in [0.1, 0.15) is 71.3 Å². The highest BCUT2D eigenvalue weighted by molar-refractivity contribution is 5.94. The molecule has 1 amide bonds. The van der Waals surface area contributed by atoms with Crippen molar-refractivity contribution in [3.05, 3.63) is 106 Å². The summed E-state index contributed by atoms with van der Waals surface area (Å²) in [6.45, 7) is 8.03. The molecule has 2 fully saturated rings. The van der Waals surface area contributed by atoms with Crippen molar-refractivity contribution in [2.24, 2.45) is 11.8 Å². The lowest BCUT2D eigenvalue weighted by Crippen LogP contribution is -2.58. The first kappa shape index (κ1) is 24.4. The molecule has 192 valence electrons. The zero-order valence-corrected chi connectivity index (χ0v) is 22.4. The van der Waals surface area contributed by atoms with E-state index in [9.17, 15) is 4.79 Å². The summed E-state index contributed by atoms with van der Waals surface area (Å²) >= 11 is 0. The Morgan fingerprint density at radius 1 is 0.973 bits per heavy atom. The highest BCUT2D eigenvalue weighted by Crippen LogP contribution is 2.49. The van der Waals surface area contributed by atoms with Gasteiger partial charge in [-0.2, -0.15) is 0 Å². The fourth-order valence-electron chi connectivity index (χ4n) is 6.79. The quantitative estimate of drug-likeness (QED) is 0.407. The number of benzene rings is 3. The van der Waals surface area contributed by atoms with Crippen molar-refractivity contribution in [2.45, 2.75) is 63.8 Å². The average Bonchev–Trinajstić information content (AvgIpc) is 3.73. The van der Waals surface area contributed by atoms with Crippen LogP contribution in [0.25, 0.3) is 0 Å². The van der Waals surface area contributed by atoms with Gasteiger partial charge in [-0.25, -0.2) is 0 Å². The van der Waals surface area contributed by atoms with Crippen molar-refractivity contribution in [3.63, 3.8) is 0 Å². The molecule has 3 aliphatic rings. The molecule has 1 saturated carbocycles.